The van der Waals surface area contributed by atoms with E-state index in [1.165, 1.54) is 4.88 Å². The zero-order chi connectivity index (χ0) is 20.5. The van der Waals surface area contributed by atoms with Crippen LogP contribution in [0, 0.1) is 5.92 Å². The van der Waals surface area contributed by atoms with Gasteiger partial charge >= 0.3 is 0 Å². The molecule has 1 fully saturated rings. The minimum Gasteiger partial charge on any atom is -0.357 e. The summed E-state index contributed by atoms with van der Waals surface area (Å²) in [6, 6.07) is 7.95. The van der Waals surface area contributed by atoms with E-state index in [-0.39, 0.29) is 11.8 Å². The Morgan fingerprint density at radius 1 is 1.24 bits per heavy atom. The van der Waals surface area contributed by atoms with Crippen molar-refractivity contribution in [1.29, 1.82) is 0 Å². The van der Waals surface area contributed by atoms with Crippen LogP contribution in [0.3, 0.4) is 0 Å². The molecule has 0 bridgehead atoms. The van der Waals surface area contributed by atoms with Crippen LogP contribution in [-0.4, -0.2) is 23.4 Å². The number of aryl methyl sites for hydroxylation is 1. The van der Waals surface area contributed by atoms with Gasteiger partial charge in [0.25, 0.3) is 0 Å². The molecule has 0 saturated heterocycles. The molecule has 3 rings (SSSR count). The van der Waals surface area contributed by atoms with Gasteiger partial charge < -0.3 is 16.0 Å². The van der Waals surface area contributed by atoms with Crippen LogP contribution in [-0.2, 0) is 24.3 Å². The number of rotatable bonds is 8. The van der Waals surface area contributed by atoms with Crippen molar-refractivity contribution in [3.8, 4) is 0 Å². The van der Waals surface area contributed by atoms with Gasteiger partial charge in [-0.2, -0.15) is 0 Å². The maximum absolute atomic E-state index is 12.4. The molecule has 0 unspecified atom stereocenters. The normalized spacial score (nSPS) is 14.8. The SMILES string of the molecule is CCNC(=NCc1cccc(NC(=O)C2CCCC2)c1)NCc1ncc(CC)s1. The van der Waals surface area contributed by atoms with Crippen LogP contribution in [0.15, 0.2) is 35.5 Å². The quantitative estimate of drug-likeness (QED) is 0.450. The van der Waals surface area contributed by atoms with Crippen LogP contribution in [0.2, 0.25) is 0 Å². The molecule has 2 aromatic rings. The van der Waals surface area contributed by atoms with Crippen molar-refractivity contribution >= 4 is 28.9 Å². The Morgan fingerprint density at radius 2 is 2.07 bits per heavy atom. The average Bonchev–Trinajstić information content (AvgIpc) is 3.42. The van der Waals surface area contributed by atoms with E-state index in [9.17, 15) is 4.79 Å². The monoisotopic (exact) mass is 413 g/mol. The molecule has 1 heterocycles. The first kappa shape index (κ1) is 21.3. The lowest BCUT2D eigenvalue weighted by Gasteiger charge is -2.12. The molecule has 0 spiro atoms. The topological polar surface area (TPSA) is 78.4 Å². The first-order chi connectivity index (χ1) is 14.2. The highest BCUT2D eigenvalue weighted by atomic mass is 32.1. The standard InChI is InChI=1S/C22H31N5OS/c1-3-19-14-24-20(29-19)15-26-22(23-4-2)25-13-16-8-7-11-18(12-16)27-21(28)17-9-5-6-10-17/h7-8,11-12,14,17H,3-6,9-10,13,15H2,1-2H3,(H,27,28)(H2,23,25,26). The molecule has 1 aliphatic carbocycles. The minimum absolute atomic E-state index is 0.146. The largest absolute Gasteiger partial charge is 0.357 e. The van der Waals surface area contributed by atoms with Crippen molar-refractivity contribution < 1.29 is 4.79 Å². The van der Waals surface area contributed by atoms with Gasteiger partial charge in [0.15, 0.2) is 5.96 Å². The summed E-state index contributed by atoms with van der Waals surface area (Å²) in [7, 11) is 0. The zero-order valence-corrected chi connectivity index (χ0v) is 18.1. The number of nitrogens with one attached hydrogen (secondary N) is 3. The van der Waals surface area contributed by atoms with Gasteiger partial charge in [0.1, 0.15) is 5.01 Å². The van der Waals surface area contributed by atoms with Crippen molar-refractivity contribution in [3.05, 3.63) is 45.9 Å². The number of anilines is 1. The van der Waals surface area contributed by atoms with Crippen LogP contribution in [0.25, 0.3) is 0 Å². The number of guanidine groups is 1. The zero-order valence-electron chi connectivity index (χ0n) is 17.3. The van der Waals surface area contributed by atoms with Crippen molar-refractivity contribution in [2.45, 2.75) is 59.0 Å². The number of hydrogen-bond donors (Lipinski definition) is 3. The predicted molar refractivity (Wildman–Crippen MR) is 120 cm³/mol. The van der Waals surface area contributed by atoms with Gasteiger partial charge in [0, 0.05) is 29.2 Å². The summed E-state index contributed by atoms with van der Waals surface area (Å²) >= 11 is 1.73. The van der Waals surface area contributed by atoms with Gasteiger partial charge in [-0.05, 0) is 43.9 Å². The van der Waals surface area contributed by atoms with Gasteiger partial charge in [0.05, 0.1) is 13.1 Å². The van der Waals surface area contributed by atoms with Gasteiger partial charge in [-0.25, -0.2) is 9.98 Å². The van der Waals surface area contributed by atoms with E-state index >= 15 is 0 Å². The Kier molecular flexibility index (Phi) is 8.04. The van der Waals surface area contributed by atoms with Crippen LogP contribution >= 0.6 is 11.3 Å². The highest BCUT2D eigenvalue weighted by molar-refractivity contribution is 7.11. The smallest absolute Gasteiger partial charge is 0.227 e. The molecule has 29 heavy (non-hydrogen) atoms. The van der Waals surface area contributed by atoms with Gasteiger partial charge in [-0.1, -0.05) is 31.9 Å². The van der Waals surface area contributed by atoms with E-state index in [4.69, 9.17) is 0 Å². The van der Waals surface area contributed by atoms with Crippen molar-refractivity contribution in [2.75, 3.05) is 11.9 Å². The molecule has 0 radical (unpaired) electrons. The van der Waals surface area contributed by atoms with E-state index < -0.39 is 0 Å². The van der Waals surface area contributed by atoms with Crippen molar-refractivity contribution in [2.24, 2.45) is 10.9 Å². The second-order valence-electron chi connectivity index (χ2n) is 7.29. The minimum atomic E-state index is 0.146. The highest BCUT2D eigenvalue weighted by Crippen LogP contribution is 2.26. The summed E-state index contributed by atoms with van der Waals surface area (Å²) in [5, 5.41) is 10.7. The number of hydrogen-bond acceptors (Lipinski definition) is 4. The molecule has 0 atom stereocenters. The molecule has 1 aromatic heterocycles. The lowest BCUT2D eigenvalue weighted by atomic mass is 10.1. The van der Waals surface area contributed by atoms with E-state index in [0.29, 0.717) is 13.1 Å². The van der Waals surface area contributed by atoms with Crippen LogP contribution < -0.4 is 16.0 Å². The predicted octanol–water partition coefficient (Wildman–Crippen LogP) is 4.09. The third-order valence-corrected chi connectivity index (χ3v) is 6.18. The molecule has 3 N–H and O–H groups in total. The Balaban J connectivity index is 1.57. The Bertz CT molecular complexity index is 826. The summed E-state index contributed by atoms with van der Waals surface area (Å²) in [5.74, 6) is 1.08. The Labute approximate surface area is 177 Å². The Hall–Kier alpha value is -2.41. The fourth-order valence-corrected chi connectivity index (χ4v) is 4.25. The fraction of sp³-hybridized carbons (Fsp3) is 0.500. The van der Waals surface area contributed by atoms with Crippen molar-refractivity contribution in [3.63, 3.8) is 0 Å². The Morgan fingerprint density at radius 3 is 2.79 bits per heavy atom. The third kappa shape index (κ3) is 6.56. The molecule has 1 aromatic carbocycles. The third-order valence-electron chi connectivity index (χ3n) is 5.04. The highest BCUT2D eigenvalue weighted by Gasteiger charge is 2.22. The first-order valence-electron chi connectivity index (χ1n) is 10.5. The second-order valence-corrected chi connectivity index (χ2v) is 8.49. The molecule has 6 nitrogen and oxygen atoms in total. The van der Waals surface area contributed by atoms with Gasteiger partial charge in [0.2, 0.25) is 5.91 Å². The summed E-state index contributed by atoms with van der Waals surface area (Å²) in [4.78, 5) is 22.8. The summed E-state index contributed by atoms with van der Waals surface area (Å²) in [6.07, 6.45) is 7.29. The number of aliphatic imine (C=N–C) groups is 1. The van der Waals surface area contributed by atoms with Crippen LogP contribution in [0.1, 0.15) is 55.0 Å². The second kappa shape index (κ2) is 11.0. The van der Waals surface area contributed by atoms with E-state index in [2.05, 4.69) is 39.8 Å². The lowest BCUT2D eigenvalue weighted by molar-refractivity contribution is -0.119. The molecule has 0 aliphatic heterocycles. The number of carbonyl (C=O) groups excluding carboxylic acids is 1. The maximum atomic E-state index is 12.4. The molecule has 1 amide bonds. The fourth-order valence-electron chi connectivity index (χ4n) is 3.44. The van der Waals surface area contributed by atoms with Crippen molar-refractivity contribution in [1.82, 2.24) is 15.6 Å². The number of aromatic nitrogens is 1. The average molecular weight is 414 g/mol. The molecular weight excluding hydrogens is 382 g/mol. The first-order valence-corrected chi connectivity index (χ1v) is 11.3. The molecule has 1 saturated carbocycles. The molecular formula is C22H31N5OS. The number of benzene rings is 1. The number of carbonyl (C=O) groups is 1. The number of thiazole rings is 1. The lowest BCUT2D eigenvalue weighted by Crippen LogP contribution is -2.36. The van der Waals surface area contributed by atoms with Crippen LogP contribution in [0.4, 0.5) is 5.69 Å². The number of amides is 1. The summed E-state index contributed by atoms with van der Waals surface area (Å²) < 4.78 is 0. The van der Waals surface area contributed by atoms with Gasteiger partial charge in [-0.15, -0.1) is 11.3 Å². The summed E-state index contributed by atoms with van der Waals surface area (Å²) in [5.41, 5.74) is 1.91. The van der Waals surface area contributed by atoms with E-state index in [0.717, 1.165) is 60.9 Å². The maximum Gasteiger partial charge on any atom is 0.227 e. The number of nitrogens with zero attached hydrogens (tertiary/aromatic N) is 2. The van der Waals surface area contributed by atoms with Gasteiger partial charge in [-0.3, -0.25) is 4.79 Å². The molecule has 1 aliphatic rings. The summed E-state index contributed by atoms with van der Waals surface area (Å²) in [6.45, 7) is 6.19. The molecule has 156 valence electrons. The van der Waals surface area contributed by atoms with E-state index in [1.54, 1.807) is 11.3 Å². The van der Waals surface area contributed by atoms with E-state index in [1.807, 2.05) is 30.5 Å². The van der Waals surface area contributed by atoms with Crippen LogP contribution in [0.5, 0.6) is 0 Å². The molecule has 7 heteroatoms.